The number of nitrogens with one attached hydrogen (secondary N) is 1. The van der Waals surface area contributed by atoms with Gasteiger partial charge in [-0.2, -0.15) is 0 Å². The number of hydrogen-bond donors (Lipinski definition) is 5. The first-order valence-electron chi connectivity index (χ1n) is 6.83. The number of aliphatic hydroxyl groups excluding tert-OH is 2. The fourth-order valence-corrected chi connectivity index (χ4v) is 2.86. The number of nitrogens with zero attached hydrogens (tertiary/aromatic N) is 3. The molecule has 1 aliphatic rings. The van der Waals surface area contributed by atoms with E-state index in [0.717, 1.165) is 6.33 Å². The Morgan fingerprint density at radius 3 is 2.83 bits per heavy atom. The molecule has 0 bridgehead atoms. The van der Waals surface area contributed by atoms with Crippen molar-refractivity contribution in [2.45, 2.75) is 31.0 Å². The van der Waals surface area contributed by atoms with Crippen molar-refractivity contribution in [1.82, 2.24) is 14.5 Å². The zero-order valence-corrected chi connectivity index (χ0v) is 12.1. The van der Waals surface area contributed by atoms with Crippen LogP contribution in [-0.4, -0.2) is 65.8 Å². The van der Waals surface area contributed by atoms with Crippen molar-refractivity contribution in [2.24, 2.45) is 0 Å². The third-order valence-corrected chi connectivity index (χ3v) is 4.06. The topological polar surface area (TPSA) is 150 Å². The molecule has 4 atom stereocenters. The van der Waals surface area contributed by atoms with Crippen molar-refractivity contribution >= 4 is 23.1 Å². The molecule has 10 nitrogen and oxygen atoms in total. The van der Waals surface area contributed by atoms with E-state index in [2.05, 4.69) is 9.97 Å². The minimum Gasteiger partial charge on any atom is -0.394 e. The number of aliphatic hydroxyl groups is 3. The van der Waals surface area contributed by atoms with Crippen molar-refractivity contribution in [1.29, 1.82) is 0 Å². The van der Waals surface area contributed by atoms with E-state index in [1.165, 1.54) is 17.7 Å². The van der Waals surface area contributed by atoms with E-state index in [1.807, 2.05) is 5.48 Å². The van der Waals surface area contributed by atoms with Crippen LogP contribution in [0.1, 0.15) is 23.5 Å². The summed E-state index contributed by atoms with van der Waals surface area (Å²) in [6.45, 7) is 0.878. The Morgan fingerprint density at radius 1 is 1.52 bits per heavy atom. The first kappa shape index (κ1) is 15.8. The number of aldehydes is 1. The zero-order chi connectivity index (χ0) is 16.8. The van der Waals surface area contributed by atoms with Crippen LogP contribution in [0, 0.1) is 0 Å². The number of carbonyl (C=O) groups is 1. The van der Waals surface area contributed by atoms with Crippen molar-refractivity contribution in [3.05, 3.63) is 18.1 Å². The normalized spacial score (nSPS) is 30.7. The number of fused-ring (bicyclic) bond motifs is 1. The SMILES string of the molecule is CC1(O)C(O)C(CO)OC1n1cc(C=O)c2c(NO)ncnc21. The lowest BCUT2D eigenvalue weighted by molar-refractivity contribution is -0.0948. The second-order valence-corrected chi connectivity index (χ2v) is 5.52. The summed E-state index contributed by atoms with van der Waals surface area (Å²) >= 11 is 0. The van der Waals surface area contributed by atoms with E-state index in [9.17, 15) is 20.1 Å². The molecular formula is C13H16N4O6. The van der Waals surface area contributed by atoms with Crippen LogP contribution in [0.15, 0.2) is 12.5 Å². The van der Waals surface area contributed by atoms with Crippen LogP contribution in [0.5, 0.6) is 0 Å². The highest BCUT2D eigenvalue weighted by molar-refractivity contribution is 6.01. The highest BCUT2D eigenvalue weighted by Gasteiger charge is 2.53. The van der Waals surface area contributed by atoms with E-state index >= 15 is 0 Å². The molecule has 3 heterocycles. The molecule has 4 unspecified atom stereocenters. The molecule has 0 aromatic carbocycles. The van der Waals surface area contributed by atoms with E-state index in [1.54, 1.807) is 0 Å². The molecule has 23 heavy (non-hydrogen) atoms. The molecule has 1 saturated heterocycles. The summed E-state index contributed by atoms with van der Waals surface area (Å²) in [6, 6.07) is 0. The molecule has 2 aromatic rings. The number of hydrogen-bond acceptors (Lipinski definition) is 9. The summed E-state index contributed by atoms with van der Waals surface area (Å²) in [5, 5.41) is 39.3. The summed E-state index contributed by atoms with van der Waals surface area (Å²) in [5.41, 5.74) is 0.540. The van der Waals surface area contributed by atoms with Gasteiger partial charge in [0.05, 0.1) is 12.0 Å². The van der Waals surface area contributed by atoms with Gasteiger partial charge in [0.1, 0.15) is 29.8 Å². The molecule has 5 N–H and O–H groups in total. The van der Waals surface area contributed by atoms with Gasteiger partial charge in [0.2, 0.25) is 0 Å². The van der Waals surface area contributed by atoms with Gasteiger partial charge in [-0.1, -0.05) is 0 Å². The number of rotatable bonds is 4. The Balaban J connectivity index is 2.19. The monoisotopic (exact) mass is 324 g/mol. The minimum atomic E-state index is -1.72. The number of aromatic nitrogens is 3. The highest BCUT2D eigenvalue weighted by atomic mass is 16.6. The molecule has 0 saturated carbocycles. The molecule has 10 heteroatoms. The third kappa shape index (κ3) is 2.19. The summed E-state index contributed by atoms with van der Waals surface area (Å²) in [6.07, 6.45) is -0.315. The highest BCUT2D eigenvalue weighted by Crippen LogP contribution is 2.40. The van der Waals surface area contributed by atoms with Gasteiger partial charge in [0, 0.05) is 11.8 Å². The lowest BCUT2D eigenvalue weighted by Gasteiger charge is -2.27. The number of anilines is 1. The molecule has 0 spiro atoms. The summed E-state index contributed by atoms with van der Waals surface area (Å²) in [5.74, 6) is 0.0211. The standard InChI is InChI=1S/C13H16N4O6/c1-13(21)9(20)7(4-19)23-12(13)17-2-6(3-18)8-10(16-22)14-5-15-11(8)17/h2-3,5,7,9,12,19-22H,4H2,1H3,(H,14,15,16). The quantitative estimate of drug-likeness (QED) is 0.354. The molecule has 1 fully saturated rings. The number of carbonyl (C=O) groups excluding carboxylic acids is 1. The molecule has 1 aliphatic heterocycles. The van der Waals surface area contributed by atoms with Crippen LogP contribution in [-0.2, 0) is 4.74 Å². The van der Waals surface area contributed by atoms with Crippen molar-refractivity contribution in [2.75, 3.05) is 12.1 Å². The lowest BCUT2D eigenvalue weighted by Crippen LogP contribution is -2.44. The second-order valence-electron chi connectivity index (χ2n) is 5.52. The molecule has 0 aliphatic carbocycles. The Labute approximate surface area is 129 Å². The first-order valence-corrected chi connectivity index (χ1v) is 6.83. The fraction of sp³-hybridized carbons (Fsp3) is 0.462. The van der Waals surface area contributed by atoms with Crippen LogP contribution in [0.25, 0.3) is 11.0 Å². The van der Waals surface area contributed by atoms with Gasteiger partial charge in [-0.05, 0) is 6.92 Å². The first-order chi connectivity index (χ1) is 11.0. The Hall–Kier alpha value is -2.11. The van der Waals surface area contributed by atoms with Gasteiger partial charge in [-0.15, -0.1) is 0 Å². The van der Waals surface area contributed by atoms with Crippen LogP contribution in [0.2, 0.25) is 0 Å². The smallest absolute Gasteiger partial charge is 0.167 e. The molecule has 3 rings (SSSR count). The van der Waals surface area contributed by atoms with Crippen molar-refractivity contribution < 1.29 is 30.1 Å². The van der Waals surface area contributed by atoms with Crippen LogP contribution in [0.4, 0.5) is 5.82 Å². The summed E-state index contributed by atoms with van der Waals surface area (Å²) in [4.78, 5) is 19.2. The van der Waals surface area contributed by atoms with E-state index in [0.29, 0.717) is 6.29 Å². The van der Waals surface area contributed by atoms with Gasteiger partial charge >= 0.3 is 0 Å². The maximum atomic E-state index is 11.3. The largest absolute Gasteiger partial charge is 0.394 e. The molecular weight excluding hydrogens is 308 g/mol. The summed E-state index contributed by atoms with van der Waals surface area (Å²) in [7, 11) is 0. The van der Waals surface area contributed by atoms with Gasteiger partial charge in [-0.25, -0.2) is 9.97 Å². The average Bonchev–Trinajstić information content (AvgIpc) is 3.03. The van der Waals surface area contributed by atoms with Gasteiger partial charge < -0.3 is 24.6 Å². The van der Waals surface area contributed by atoms with Crippen LogP contribution < -0.4 is 5.48 Å². The van der Waals surface area contributed by atoms with Gasteiger partial charge in [-0.3, -0.25) is 15.5 Å². The predicted octanol–water partition coefficient (Wildman–Crippen LogP) is -0.954. The van der Waals surface area contributed by atoms with Crippen molar-refractivity contribution in [3.8, 4) is 0 Å². The third-order valence-electron chi connectivity index (χ3n) is 4.06. The summed E-state index contributed by atoms with van der Waals surface area (Å²) < 4.78 is 6.88. The maximum absolute atomic E-state index is 11.3. The van der Waals surface area contributed by atoms with E-state index in [-0.39, 0.29) is 22.4 Å². The molecule has 0 radical (unpaired) electrons. The Bertz CT molecular complexity index is 745. The Kier molecular flexibility index (Phi) is 3.78. The fourth-order valence-electron chi connectivity index (χ4n) is 2.86. The van der Waals surface area contributed by atoms with Gasteiger partial charge in [0.15, 0.2) is 18.3 Å². The number of ether oxygens (including phenoxy) is 1. The Morgan fingerprint density at radius 2 is 2.26 bits per heavy atom. The van der Waals surface area contributed by atoms with Crippen LogP contribution in [0.3, 0.4) is 0 Å². The van der Waals surface area contributed by atoms with E-state index < -0.39 is 30.6 Å². The predicted molar refractivity (Wildman–Crippen MR) is 76.0 cm³/mol. The van der Waals surface area contributed by atoms with Gasteiger partial charge in [0.25, 0.3) is 0 Å². The van der Waals surface area contributed by atoms with Crippen molar-refractivity contribution in [3.63, 3.8) is 0 Å². The molecule has 0 amide bonds. The molecule has 124 valence electrons. The average molecular weight is 324 g/mol. The lowest BCUT2D eigenvalue weighted by atomic mass is 9.96. The minimum absolute atomic E-state index is 0.0211. The second kappa shape index (κ2) is 5.51. The van der Waals surface area contributed by atoms with E-state index in [4.69, 9.17) is 9.94 Å². The van der Waals surface area contributed by atoms with Crippen LogP contribution >= 0.6 is 0 Å². The zero-order valence-electron chi connectivity index (χ0n) is 12.1. The maximum Gasteiger partial charge on any atom is 0.167 e. The molecule has 2 aromatic heterocycles.